The van der Waals surface area contributed by atoms with Crippen molar-refractivity contribution in [2.24, 2.45) is 0 Å². The van der Waals surface area contributed by atoms with Crippen LogP contribution in [0.5, 0.6) is 0 Å². The average molecular weight is 825 g/mol. The summed E-state index contributed by atoms with van der Waals surface area (Å²) in [6.45, 7) is 0. The van der Waals surface area contributed by atoms with E-state index >= 15 is 0 Å². The zero-order valence-electron chi connectivity index (χ0n) is 33.5. The van der Waals surface area contributed by atoms with Gasteiger partial charge in [-0.05, 0) is 77.9 Å². The third-order valence-corrected chi connectivity index (χ3v) is 13.0. The Hall–Kier alpha value is -8.40. The van der Waals surface area contributed by atoms with Crippen molar-refractivity contribution < 1.29 is 0 Å². The van der Waals surface area contributed by atoms with Gasteiger partial charge in [-0.25, -0.2) is 9.97 Å². The molecule has 0 unspecified atom stereocenters. The van der Waals surface area contributed by atoms with Gasteiger partial charge < -0.3 is 4.57 Å². The van der Waals surface area contributed by atoms with Gasteiger partial charge in [-0.1, -0.05) is 109 Å². The Bertz CT molecular complexity index is 3870. The molecule has 6 aromatic carbocycles. The van der Waals surface area contributed by atoms with Crippen molar-refractivity contribution in [1.82, 2.24) is 39.0 Å². The maximum absolute atomic E-state index is 5.11. The predicted octanol–water partition coefficient (Wildman–Crippen LogP) is 13.3. The highest BCUT2D eigenvalue weighted by Gasteiger charge is 2.20. The van der Waals surface area contributed by atoms with E-state index in [-0.39, 0.29) is 0 Å². The summed E-state index contributed by atoms with van der Waals surface area (Å²) >= 11 is 1.72. The molecule has 7 aromatic heterocycles. The van der Waals surface area contributed by atoms with Crippen LogP contribution in [0.3, 0.4) is 0 Å². The van der Waals surface area contributed by atoms with Crippen LogP contribution in [0.25, 0.3) is 121 Å². The lowest BCUT2D eigenvalue weighted by Crippen LogP contribution is -2.06. The largest absolute Gasteiger partial charge is 0.308 e. The van der Waals surface area contributed by atoms with Gasteiger partial charge in [-0.15, -0.1) is 11.3 Å². The smallest absolute Gasteiger partial charge is 0.238 e. The maximum atomic E-state index is 5.11. The Morgan fingerprint density at radius 3 is 1.65 bits per heavy atom. The van der Waals surface area contributed by atoms with E-state index in [1.54, 1.807) is 11.3 Å². The van der Waals surface area contributed by atoms with Crippen LogP contribution < -0.4 is 0 Å². The number of fused-ring (bicyclic) bond motifs is 9. The lowest BCUT2D eigenvalue weighted by Gasteiger charge is -2.11. The second-order valence-electron chi connectivity index (χ2n) is 15.6. The first kappa shape index (κ1) is 35.4. The number of aromatic nitrogens is 8. The van der Waals surface area contributed by atoms with Gasteiger partial charge in [0.15, 0.2) is 11.6 Å². The number of hydrogen-bond acceptors (Lipinski definition) is 7. The van der Waals surface area contributed by atoms with Crippen molar-refractivity contribution in [3.8, 4) is 56.8 Å². The Morgan fingerprint density at radius 1 is 0.381 bits per heavy atom. The van der Waals surface area contributed by atoms with Crippen molar-refractivity contribution in [2.75, 3.05) is 0 Å². The quantitative estimate of drug-likeness (QED) is 0.166. The van der Waals surface area contributed by atoms with Crippen LogP contribution in [-0.2, 0) is 0 Å². The van der Waals surface area contributed by atoms with Crippen LogP contribution in [0.4, 0.5) is 0 Å². The molecule has 0 aliphatic heterocycles. The molecule has 13 aromatic rings. The molecule has 0 radical (unpaired) electrons. The van der Waals surface area contributed by atoms with Gasteiger partial charge in [0.2, 0.25) is 5.95 Å². The molecule has 0 N–H and O–H groups in total. The minimum atomic E-state index is 0.572. The number of nitrogens with zero attached hydrogens (tertiary/aromatic N) is 8. The normalized spacial score (nSPS) is 11.8. The summed E-state index contributed by atoms with van der Waals surface area (Å²) in [6.07, 6.45) is 5.66. The molecule has 0 aliphatic rings. The van der Waals surface area contributed by atoms with E-state index in [2.05, 4.69) is 123 Å². The molecule has 294 valence electrons. The summed E-state index contributed by atoms with van der Waals surface area (Å²) in [6, 6.07) is 61.3. The highest BCUT2D eigenvalue weighted by Crippen LogP contribution is 2.39. The highest BCUT2D eigenvalue weighted by molar-refractivity contribution is 7.25. The van der Waals surface area contributed by atoms with Gasteiger partial charge in [0.25, 0.3) is 0 Å². The Morgan fingerprint density at radius 2 is 0.968 bits per heavy atom. The predicted molar refractivity (Wildman–Crippen MR) is 257 cm³/mol. The lowest BCUT2D eigenvalue weighted by molar-refractivity contribution is 0.953. The summed E-state index contributed by atoms with van der Waals surface area (Å²) in [5.41, 5.74) is 13.0. The fourth-order valence-electron chi connectivity index (χ4n) is 9.01. The van der Waals surface area contributed by atoms with Crippen molar-refractivity contribution in [2.45, 2.75) is 0 Å². The first-order valence-corrected chi connectivity index (χ1v) is 21.6. The van der Waals surface area contributed by atoms with Gasteiger partial charge in [0, 0.05) is 50.6 Å². The van der Waals surface area contributed by atoms with Crippen LogP contribution in [0.15, 0.2) is 195 Å². The number of rotatable bonds is 6. The van der Waals surface area contributed by atoms with Gasteiger partial charge >= 0.3 is 0 Å². The first-order chi connectivity index (χ1) is 31.2. The number of pyridine rings is 3. The van der Waals surface area contributed by atoms with Gasteiger partial charge in [0.1, 0.15) is 11.0 Å². The lowest BCUT2D eigenvalue weighted by atomic mass is 10.0. The Labute approximate surface area is 364 Å². The van der Waals surface area contributed by atoms with Gasteiger partial charge in [0.05, 0.1) is 49.0 Å². The van der Waals surface area contributed by atoms with E-state index in [9.17, 15) is 0 Å². The van der Waals surface area contributed by atoms with Crippen LogP contribution >= 0.6 is 11.3 Å². The Balaban J connectivity index is 0.938. The minimum Gasteiger partial charge on any atom is -0.308 e. The van der Waals surface area contributed by atoms with Crippen molar-refractivity contribution in [3.63, 3.8) is 0 Å². The summed E-state index contributed by atoms with van der Waals surface area (Å²) in [5.74, 6) is 1.82. The molecule has 0 fully saturated rings. The van der Waals surface area contributed by atoms with Crippen LogP contribution in [-0.4, -0.2) is 39.0 Å². The first-order valence-electron chi connectivity index (χ1n) is 20.8. The second-order valence-corrected chi connectivity index (χ2v) is 16.7. The zero-order valence-corrected chi connectivity index (χ0v) is 34.3. The van der Waals surface area contributed by atoms with E-state index in [4.69, 9.17) is 24.9 Å². The molecule has 0 spiro atoms. The van der Waals surface area contributed by atoms with Crippen LogP contribution in [0.1, 0.15) is 0 Å². The summed E-state index contributed by atoms with van der Waals surface area (Å²) in [4.78, 5) is 29.7. The molecule has 0 saturated heterocycles. The van der Waals surface area contributed by atoms with Crippen LogP contribution in [0, 0.1) is 0 Å². The highest BCUT2D eigenvalue weighted by atomic mass is 32.1. The SMILES string of the molecule is c1ccc(-c2nc(-c3ccccc3)nc(-n3c4ccccc4c4cc(-c5ccc6c(c5)c5ccccc5n6-c5cncc(-c6ccc7sc8cccnc8c7n6)c5)ccc43)n2)cc1. The number of benzene rings is 6. The molecular formula is C54H32N8S. The number of thiophene rings is 1. The van der Waals surface area contributed by atoms with E-state index in [1.807, 2.05) is 85.3 Å². The fourth-order valence-corrected chi connectivity index (χ4v) is 10.0. The molecule has 13 rings (SSSR count). The molecule has 0 bridgehead atoms. The minimum absolute atomic E-state index is 0.572. The van der Waals surface area contributed by atoms with E-state index in [0.29, 0.717) is 17.6 Å². The molecule has 0 saturated carbocycles. The van der Waals surface area contributed by atoms with Crippen LogP contribution in [0.2, 0.25) is 0 Å². The zero-order chi connectivity index (χ0) is 41.4. The monoisotopic (exact) mass is 824 g/mol. The summed E-state index contributed by atoms with van der Waals surface area (Å²) in [5, 5.41) is 4.58. The van der Waals surface area contributed by atoms with Gasteiger partial charge in [-0.2, -0.15) is 9.97 Å². The third-order valence-electron chi connectivity index (χ3n) is 11.9. The van der Waals surface area contributed by atoms with Crippen molar-refractivity contribution in [1.29, 1.82) is 0 Å². The Kier molecular flexibility index (Phi) is 7.91. The maximum Gasteiger partial charge on any atom is 0.238 e. The fraction of sp³-hybridized carbons (Fsp3) is 0. The number of hydrogen-bond donors (Lipinski definition) is 0. The van der Waals surface area contributed by atoms with Crippen molar-refractivity contribution in [3.05, 3.63) is 195 Å². The standard InChI is InChI=1S/C54H32N8S/c1-3-12-33(13-4-1)52-58-53(34-14-5-2-6-15-34)60-54(59-52)62-45-19-10-8-17-40(45)42-30-36(22-25-47(42)62)35-21-24-46-41(29-35)39-16-7-9-18-44(39)61(46)38-28-37(31-55-32-38)43-23-26-49-51(57-43)50-48(63-49)20-11-27-56-50/h1-32H. The molecule has 9 heteroatoms. The molecule has 7 heterocycles. The molecule has 0 atom stereocenters. The van der Waals surface area contributed by atoms with E-state index in [1.165, 1.54) is 10.8 Å². The van der Waals surface area contributed by atoms with Crippen molar-refractivity contribution >= 4 is 75.4 Å². The molecule has 63 heavy (non-hydrogen) atoms. The molecule has 8 nitrogen and oxygen atoms in total. The molecule has 0 amide bonds. The third kappa shape index (κ3) is 5.75. The summed E-state index contributed by atoms with van der Waals surface area (Å²) < 4.78 is 6.73. The van der Waals surface area contributed by atoms with E-state index < -0.39 is 0 Å². The summed E-state index contributed by atoms with van der Waals surface area (Å²) in [7, 11) is 0. The van der Waals surface area contributed by atoms with E-state index in [0.717, 1.165) is 92.5 Å². The van der Waals surface area contributed by atoms with Gasteiger partial charge in [-0.3, -0.25) is 14.5 Å². The number of para-hydroxylation sites is 2. The molecular weight excluding hydrogens is 793 g/mol. The molecule has 0 aliphatic carbocycles. The topological polar surface area (TPSA) is 87.2 Å². The second kappa shape index (κ2) is 14.1. The average Bonchev–Trinajstić information content (AvgIpc) is 4.01.